The minimum Gasteiger partial charge on any atom is -0.143 e. The number of allylic oxidation sites excluding steroid dienone is 1. The number of rotatable bonds is 14. The fourth-order valence-corrected chi connectivity index (χ4v) is 10.4. The van der Waals surface area contributed by atoms with Crippen LogP contribution in [0.25, 0.3) is 15.3 Å². The number of unbranched alkanes of at least 4 members (excludes halogenated alkanes) is 10. The van der Waals surface area contributed by atoms with Crippen molar-refractivity contribution in [3.63, 3.8) is 0 Å². The highest BCUT2D eigenvalue weighted by atomic mass is 32.1. The zero-order chi connectivity index (χ0) is 24.0. The van der Waals surface area contributed by atoms with Gasteiger partial charge in [-0.3, -0.25) is 0 Å². The molecular formula is C30H48S2Si. The number of thiophene rings is 2. The first kappa shape index (κ1) is 27.0. The van der Waals surface area contributed by atoms with Crippen molar-refractivity contribution in [3.8, 4) is 9.75 Å². The molecule has 0 radical (unpaired) electrons. The van der Waals surface area contributed by atoms with Gasteiger partial charge in [-0.1, -0.05) is 104 Å². The Morgan fingerprint density at radius 2 is 1.27 bits per heavy atom. The second kappa shape index (κ2) is 12.4. The van der Waals surface area contributed by atoms with Gasteiger partial charge in [0.25, 0.3) is 0 Å². The Morgan fingerprint density at radius 3 is 1.85 bits per heavy atom. The van der Waals surface area contributed by atoms with E-state index in [2.05, 4.69) is 64.7 Å². The number of hydrogen-bond donors (Lipinski definition) is 0. The van der Waals surface area contributed by atoms with Gasteiger partial charge >= 0.3 is 0 Å². The zero-order valence-corrected chi connectivity index (χ0v) is 25.2. The fourth-order valence-electron chi connectivity index (χ4n) is 5.27. The summed E-state index contributed by atoms with van der Waals surface area (Å²) >= 11 is 4.22. The summed E-state index contributed by atoms with van der Waals surface area (Å²) in [6, 6.07) is 0. The summed E-state index contributed by atoms with van der Waals surface area (Å²) in [6.45, 7) is 16.9. The highest BCUT2D eigenvalue weighted by Gasteiger charge is 2.36. The van der Waals surface area contributed by atoms with E-state index in [9.17, 15) is 0 Å². The lowest BCUT2D eigenvalue weighted by atomic mass is 9.96. The Morgan fingerprint density at radius 1 is 0.697 bits per heavy atom. The first-order chi connectivity index (χ1) is 15.8. The van der Waals surface area contributed by atoms with Gasteiger partial charge in [0, 0.05) is 16.0 Å². The molecule has 1 aliphatic rings. The van der Waals surface area contributed by atoms with Crippen molar-refractivity contribution in [2.45, 2.75) is 131 Å². The molecular weight excluding hydrogens is 453 g/mol. The molecule has 3 rings (SSSR count). The van der Waals surface area contributed by atoms with Crippen molar-refractivity contribution in [1.29, 1.82) is 0 Å². The summed E-state index contributed by atoms with van der Waals surface area (Å²) < 4.78 is 1.78. The van der Waals surface area contributed by atoms with Crippen LogP contribution in [0, 0.1) is 13.8 Å². The highest BCUT2D eigenvalue weighted by molar-refractivity contribution is 7.31. The molecule has 184 valence electrons. The van der Waals surface area contributed by atoms with Crippen molar-refractivity contribution in [2.75, 3.05) is 0 Å². The third kappa shape index (κ3) is 6.33. The Labute approximate surface area is 213 Å². The molecule has 0 saturated carbocycles. The molecule has 2 aromatic rings. The van der Waals surface area contributed by atoms with Gasteiger partial charge in [-0.25, -0.2) is 0 Å². The van der Waals surface area contributed by atoms with Crippen molar-refractivity contribution in [1.82, 2.24) is 0 Å². The SMILES string of the molecule is CCC/C=C1\c2c(sc(C)c2C)-c2sc([Si](C)(C)C)c(CCCCCCCCCCCC)c21. The van der Waals surface area contributed by atoms with Gasteiger partial charge in [-0.2, -0.15) is 0 Å². The van der Waals surface area contributed by atoms with Gasteiger partial charge in [0.2, 0.25) is 0 Å². The topological polar surface area (TPSA) is 0 Å². The van der Waals surface area contributed by atoms with Crippen LogP contribution in [0.2, 0.25) is 19.6 Å². The fraction of sp³-hybridized carbons (Fsp3) is 0.667. The molecule has 0 aromatic carbocycles. The molecule has 0 saturated heterocycles. The molecule has 0 nitrogen and oxygen atoms in total. The van der Waals surface area contributed by atoms with Gasteiger partial charge < -0.3 is 0 Å². The number of fused-ring (bicyclic) bond motifs is 3. The molecule has 0 N–H and O–H groups in total. The van der Waals surface area contributed by atoms with E-state index in [1.54, 1.807) is 36.5 Å². The first-order valence-electron chi connectivity index (χ1n) is 13.8. The summed E-state index contributed by atoms with van der Waals surface area (Å²) in [5.41, 5.74) is 8.10. The van der Waals surface area contributed by atoms with Gasteiger partial charge in [0.1, 0.15) is 0 Å². The first-order valence-corrected chi connectivity index (χ1v) is 18.9. The van der Waals surface area contributed by atoms with Crippen LogP contribution in [0.4, 0.5) is 0 Å². The van der Waals surface area contributed by atoms with Crippen LogP contribution in [0.5, 0.6) is 0 Å². The maximum atomic E-state index is 2.58. The summed E-state index contributed by atoms with van der Waals surface area (Å²) in [5, 5.41) is 0. The van der Waals surface area contributed by atoms with Crippen LogP contribution in [-0.4, -0.2) is 8.07 Å². The standard InChI is InChI=1S/C30H48S2Si/c1-8-10-12-13-14-15-16-17-18-19-21-25-27-24(20-11-9-2)26-22(3)23(4)31-28(26)29(27)32-30(25)33(5,6)7/h20H,8-19,21H2,1-7H3/b24-20+. The Balaban J connectivity index is 1.73. The third-order valence-corrected chi connectivity index (χ3v) is 13.5. The van der Waals surface area contributed by atoms with Crippen molar-refractivity contribution >= 4 is 40.8 Å². The molecule has 2 heterocycles. The second-order valence-corrected chi connectivity index (χ2v) is 18.8. The highest BCUT2D eigenvalue weighted by Crippen LogP contribution is 2.54. The summed E-state index contributed by atoms with van der Waals surface area (Å²) in [5.74, 6) is 0. The van der Waals surface area contributed by atoms with E-state index in [0.717, 1.165) is 0 Å². The zero-order valence-electron chi connectivity index (χ0n) is 22.6. The molecule has 0 unspecified atom stereocenters. The molecule has 3 heteroatoms. The molecule has 33 heavy (non-hydrogen) atoms. The quantitative estimate of drug-likeness (QED) is 0.152. The number of aryl methyl sites for hydroxylation is 1. The summed E-state index contributed by atoms with van der Waals surface area (Å²) in [6.07, 6.45) is 20.5. The second-order valence-electron chi connectivity index (χ2n) is 11.2. The Kier molecular flexibility index (Phi) is 10.1. The van der Waals surface area contributed by atoms with Crippen molar-refractivity contribution in [3.05, 3.63) is 33.2 Å². The lowest BCUT2D eigenvalue weighted by Gasteiger charge is -2.19. The van der Waals surface area contributed by atoms with E-state index < -0.39 is 8.07 Å². The smallest absolute Gasteiger partial charge is 0.0908 e. The molecule has 0 spiro atoms. The predicted octanol–water partition coefficient (Wildman–Crippen LogP) is 10.6. The van der Waals surface area contributed by atoms with Crippen LogP contribution in [-0.2, 0) is 6.42 Å². The molecule has 0 aliphatic heterocycles. The molecule has 2 aromatic heterocycles. The molecule has 0 fully saturated rings. The minimum absolute atomic E-state index is 1.19. The molecule has 0 amide bonds. The largest absolute Gasteiger partial charge is 0.143 e. The Bertz CT molecular complexity index is 936. The van der Waals surface area contributed by atoms with Crippen LogP contribution in [0.1, 0.15) is 118 Å². The van der Waals surface area contributed by atoms with E-state index in [1.165, 1.54) is 93.9 Å². The maximum absolute atomic E-state index is 2.58. The van der Waals surface area contributed by atoms with Gasteiger partial charge in [-0.15, -0.1) is 22.7 Å². The van der Waals surface area contributed by atoms with Crippen LogP contribution in [0.15, 0.2) is 6.08 Å². The summed E-state index contributed by atoms with van der Waals surface area (Å²) in [4.78, 5) is 4.71. The van der Waals surface area contributed by atoms with E-state index in [0.29, 0.717) is 0 Å². The lowest BCUT2D eigenvalue weighted by molar-refractivity contribution is 0.556. The molecule has 0 atom stereocenters. The van der Waals surface area contributed by atoms with Crippen LogP contribution in [0.3, 0.4) is 0 Å². The normalized spacial score (nSPS) is 14.3. The maximum Gasteiger partial charge on any atom is 0.0908 e. The average Bonchev–Trinajstić information content (AvgIpc) is 3.37. The predicted molar refractivity (Wildman–Crippen MR) is 158 cm³/mol. The monoisotopic (exact) mass is 500 g/mol. The van der Waals surface area contributed by atoms with E-state index in [-0.39, 0.29) is 0 Å². The van der Waals surface area contributed by atoms with E-state index in [4.69, 9.17) is 0 Å². The molecule has 1 aliphatic carbocycles. The number of hydrogen-bond acceptors (Lipinski definition) is 2. The third-order valence-electron chi connectivity index (χ3n) is 7.24. The van der Waals surface area contributed by atoms with Crippen LogP contribution >= 0.6 is 22.7 Å². The van der Waals surface area contributed by atoms with Crippen molar-refractivity contribution < 1.29 is 0 Å². The summed E-state index contributed by atoms with van der Waals surface area (Å²) in [7, 11) is -1.36. The van der Waals surface area contributed by atoms with Crippen molar-refractivity contribution in [2.24, 2.45) is 0 Å². The van der Waals surface area contributed by atoms with E-state index in [1.807, 2.05) is 11.3 Å². The van der Waals surface area contributed by atoms with Gasteiger partial charge in [0.05, 0.1) is 17.8 Å². The Hall–Kier alpha value is -0.643. The van der Waals surface area contributed by atoms with E-state index >= 15 is 0 Å². The van der Waals surface area contributed by atoms with Gasteiger partial charge in [-0.05, 0) is 54.3 Å². The van der Waals surface area contributed by atoms with Gasteiger partial charge in [0.15, 0.2) is 0 Å². The van der Waals surface area contributed by atoms with Crippen LogP contribution < -0.4 is 4.50 Å². The minimum atomic E-state index is -1.36. The molecule has 0 bridgehead atoms. The lowest BCUT2D eigenvalue weighted by Crippen LogP contribution is -2.37. The average molecular weight is 501 g/mol.